The summed E-state index contributed by atoms with van der Waals surface area (Å²) in [5.41, 5.74) is 0. The summed E-state index contributed by atoms with van der Waals surface area (Å²) in [6, 6.07) is 0. The van der Waals surface area contributed by atoms with Gasteiger partial charge in [-0.2, -0.15) is 0 Å². The van der Waals surface area contributed by atoms with Crippen molar-refractivity contribution in [3.63, 3.8) is 0 Å². The first-order valence-corrected chi connectivity index (χ1v) is 4.84. The van der Waals surface area contributed by atoms with Gasteiger partial charge in [-0.1, -0.05) is 45.8 Å². The maximum absolute atomic E-state index is 10.4. The molecule has 70 valence electrons. The fourth-order valence-corrected chi connectivity index (χ4v) is 0.932. The highest BCUT2D eigenvalue weighted by molar-refractivity contribution is 5.53. The minimum Gasteiger partial charge on any atom is -0.303 e. The molecule has 2 atom stereocenters. The Morgan fingerprint density at radius 2 is 1.92 bits per heavy atom. The number of aldehydes is 1. The van der Waals surface area contributed by atoms with Gasteiger partial charge < -0.3 is 4.79 Å². The summed E-state index contributed by atoms with van der Waals surface area (Å²) >= 11 is 0. The molecule has 12 heavy (non-hydrogen) atoms. The molecule has 0 bridgehead atoms. The SMILES string of the molecule is CCCC/C=C/[C@@H](C)[C@H](C)C=O. The van der Waals surface area contributed by atoms with Gasteiger partial charge in [0.1, 0.15) is 6.29 Å². The molecule has 0 aliphatic heterocycles. The Bertz CT molecular complexity index is 138. The number of rotatable bonds is 6. The predicted molar refractivity (Wildman–Crippen MR) is 53.1 cm³/mol. The van der Waals surface area contributed by atoms with E-state index in [4.69, 9.17) is 0 Å². The lowest BCUT2D eigenvalue weighted by molar-refractivity contribution is -0.111. The highest BCUT2D eigenvalue weighted by Crippen LogP contribution is 2.10. The van der Waals surface area contributed by atoms with Crippen molar-refractivity contribution >= 4 is 6.29 Å². The number of allylic oxidation sites excluding steroid dienone is 2. The van der Waals surface area contributed by atoms with Gasteiger partial charge in [0.25, 0.3) is 0 Å². The van der Waals surface area contributed by atoms with E-state index < -0.39 is 0 Å². The van der Waals surface area contributed by atoms with Crippen molar-refractivity contribution in [1.82, 2.24) is 0 Å². The zero-order valence-electron chi connectivity index (χ0n) is 8.42. The zero-order valence-corrected chi connectivity index (χ0v) is 8.42. The van der Waals surface area contributed by atoms with Crippen LogP contribution in [0.2, 0.25) is 0 Å². The summed E-state index contributed by atoms with van der Waals surface area (Å²) in [6.45, 7) is 6.23. The first kappa shape index (κ1) is 11.4. The van der Waals surface area contributed by atoms with E-state index in [1.54, 1.807) is 0 Å². The average Bonchev–Trinajstić information content (AvgIpc) is 2.10. The van der Waals surface area contributed by atoms with Crippen LogP contribution >= 0.6 is 0 Å². The van der Waals surface area contributed by atoms with Gasteiger partial charge in [-0.15, -0.1) is 0 Å². The van der Waals surface area contributed by atoms with E-state index in [0.29, 0.717) is 5.92 Å². The molecule has 1 nitrogen and oxygen atoms in total. The summed E-state index contributed by atoms with van der Waals surface area (Å²) in [4.78, 5) is 10.4. The van der Waals surface area contributed by atoms with Crippen LogP contribution in [-0.4, -0.2) is 6.29 Å². The Balaban J connectivity index is 3.59. The Morgan fingerprint density at radius 1 is 1.25 bits per heavy atom. The molecule has 0 N–H and O–H groups in total. The normalized spacial score (nSPS) is 16.2. The molecule has 0 aliphatic carbocycles. The maximum atomic E-state index is 10.4. The quantitative estimate of drug-likeness (QED) is 0.338. The van der Waals surface area contributed by atoms with Crippen molar-refractivity contribution in [2.24, 2.45) is 11.8 Å². The van der Waals surface area contributed by atoms with Crippen molar-refractivity contribution in [3.8, 4) is 0 Å². The molecule has 0 spiro atoms. The molecule has 0 aromatic rings. The molecule has 0 rings (SSSR count). The smallest absolute Gasteiger partial charge is 0.123 e. The molecule has 0 aliphatic rings. The molecule has 0 fully saturated rings. The summed E-state index contributed by atoms with van der Waals surface area (Å²) in [6.07, 6.45) is 8.99. The molecule has 0 aromatic heterocycles. The lowest BCUT2D eigenvalue weighted by atomic mass is 9.97. The second kappa shape index (κ2) is 7.08. The van der Waals surface area contributed by atoms with Crippen LogP contribution in [-0.2, 0) is 4.79 Å². The Kier molecular flexibility index (Phi) is 6.73. The van der Waals surface area contributed by atoms with E-state index in [1.165, 1.54) is 12.8 Å². The lowest BCUT2D eigenvalue weighted by Gasteiger charge is -2.07. The summed E-state index contributed by atoms with van der Waals surface area (Å²) in [5, 5.41) is 0. The van der Waals surface area contributed by atoms with E-state index in [-0.39, 0.29) is 5.92 Å². The molecule has 0 aromatic carbocycles. The van der Waals surface area contributed by atoms with Gasteiger partial charge in [0.05, 0.1) is 0 Å². The fourth-order valence-electron chi connectivity index (χ4n) is 0.932. The lowest BCUT2D eigenvalue weighted by Crippen LogP contribution is -2.05. The van der Waals surface area contributed by atoms with E-state index in [1.807, 2.05) is 6.92 Å². The molecule has 0 radical (unpaired) electrons. The van der Waals surface area contributed by atoms with Crippen LogP contribution in [0.25, 0.3) is 0 Å². The van der Waals surface area contributed by atoms with Crippen molar-refractivity contribution in [1.29, 1.82) is 0 Å². The Labute approximate surface area is 75.9 Å². The number of hydrogen-bond acceptors (Lipinski definition) is 1. The molecular formula is C11H20O. The highest BCUT2D eigenvalue weighted by atomic mass is 16.1. The topological polar surface area (TPSA) is 17.1 Å². The van der Waals surface area contributed by atoms with Gasteiger partial charge >= 0.3 is 0 Å². The fraction of sp³-hybridized carbons (Fsp3) is 0.727. The Morgan fingerprint density at radius 3 is 2.42 bits per heavy atom. The number of unbranched alkanes of at least 4 members (excludes halogenated alkanes) is 2. The molecular weight excluding hydrogens is 148 g/mol. The minimum absolute atomic E-state index is 0.155. The van der Waals surface area contributed by atoms with Gasteiger partial charge in [0, 0.05) is 5.92 Å². The van der Waals surface area contributed by atoms with Crippen LogP contribution in [0.5, 0.6) is 0 Å². The van der Waals surface area contributed by atoms with Crippen molar-refractivity contribution in [3.05, 3.63) is 12.2 Å². The van der Waals surface area contributed by atoms with E-state index in [9.17, 15) is 4.79 Å². The van der Waals surface area contributed by atoms with Gasteiger partial charge in [-0.25, -0.2) is 0 Å². The summed E-state index contributed by atoms with van der Waals surface area (Å²) in [7, 11) is 0. The second-order valence-electron chi connectivity index (χ2n) is 3.42. The molecule has 0 saturated heterocycles. The van der Waals surface area contributed by atoms with Crippen LogP contribution in [0.1, 0.15) is 40.0 Å². The number of carbonyl (C=O) groups excluding carboxylic acids is 1. The van der Waals surface area contributed by atoms with E-state index in [2.05, 4.69) is 26.0 Å². The van der Waals surface area contributed by atoms with Crippen molar-refractivity contribution < 1.29 is 4.79 Å². The first-order valence-electron chi connectivity index (χ1n) is 4.84. The maximum Gasteiger partial charge on any atom is 0.123 e. The molecule has 0 amide bonds. The van der Waals surface area contributed by atoms with Gasteiger partial charge in [0.15, 0.2) is 0 Å². The summed E-state index contributed by atoms with van der Waals surface area (Å²) < 4.78 is 0. The average molecular weight is 168 g/mol. The number of carbonyl (C=O) groups is 1. The van der Waals surface area contributed by atoms with Crippen LogP contribution in [0, 0.1) is 11.8 Å². The third kappa shape index (κ3) is 5.11. The van der Waals surface area contributed by atoms with Crippen molar-refractivity contribution in [2.45, 2.75) is 40.0 Å². The minimum atomic E-state index is 0.155. The zero-order chi connectivity index (χ0) is 9.40. The molecule has 0 heterocycles. The van der Waals surface area contributed by atoms with Crippen LogP contribution in [0.3, 0.4) is 0 Å². The summed E-state index contributed by atoms with van der Waals surface area (Å²) in [5.74, 6) is 0.544. The predicted octanol–water partition coefficient (Wildman–Crippen LogP) is 3.20. The monoisotopic (exact) mass is 168 g/mol. The van der Waals surface area contributed by atoms with Gasteiger partial charge in [0.2, 0.25) is 0 Å². The van der Waals surface area contributed by atoms with Crippen LogP contribution < -0.4 is 0 Å². The van der Waals surface area contributed by atoms with Crippen LogP contribution in [0.4, 0.5) is 0 Å². The highest BCUT2D eigenvalue weighted by Gasteiger charge is 2.05. The van der Waals surface area contributed by atoms with E-state index in [0.717, 1.165) is 12.7 Å². The molecule has 0 unspecified atom stereocenters. The number of hydrogen-bond donors (Lipinski definition) is 0. The van der Waals surface area contributed by atoms with Gasteiger partial charge in [-0.3, -0.25) is 0 Å². The first-order chi connectivity index (χ1) is 5.72. The third-order valence-corrected chi connectivity index (χ3v) is 2.21. The standard InChI is InChI=1S/C11H20O/c1-4-5-6-7-8-10(2)11(3)9-12/h7-11H,4-6H2,1-3H3/b8-7+/t10-,11-/m1/s1. The largest absolute Gasteiger partial charge is 0.303 e. The van der Waals surface area contributed by atoms with E-state index >= 15 is 0 Å². The van der Waals surface area contributed by atoms with Gasteiger partial charge in [-0.05, 0) is 12.3 Å². The molecule has 0 saturated carbocycles. The van der Waals surface area contributed by atoms with Crippen LogP contribution in [0.15, 0.2) is 12.2 Å². The third-order valence-electron chi connectivity index (χ3n) is 2.21. The van der Waals surface area contributed by atoms with Crippen molar-refractivity contribution in [2.75, 3.05) is 0 Å². The molecule has 1 heteroatoms. The Hall–Kier alpha value is -0.590. The second-order valence-corrected chi connectivity index (χ2v) is 3.42.